The van der Waals surface area contributed by atoms with Gasteiger partial charge >= 0.3 is 0 Å². The molecule has 0 radical (unpaired) electrons. The molecule has 1 N–H and O–H groups in total. The van der Waals surface area contributed by atoms with Gasteiger partial charge in [-0.3, -0.25) is 0 Å². The van der Waals surface area contributed by atoms with Crippen molar-refractivity contribution in [3.8, 4) is 5.75 Å². The lowest BCUT2D eigenvalue weighted by Crippen LogP contribution is -2.25. The predicted molar refractivity (Wildman–Crippen MR) is 75.9 cm³/mol. The average molecular weight is 265 g/mol. The van der Waals surface area contributed by atoms with E-state index in [2.05, 4.69) is 12.2 Å². The Morgan fingerprint density at radius 2 is 2.21 bits per heavy atom. The van der Waals surface area contributed by atoms with Crippen LogP contribution in [-0.2, 0) is 0 Å². The number of halogens is 1. The Bertz CT molecular complexity index is 421. The molecule has 0 aromatic heterocycles. The minimum atomic E-state index is -0.195. The van der Waals surface area contributed by atoms with Crippen LogP contribution in [0, 0.1) is 17.7 Å². The fourth-order valence-corrected chi connectivity index (χ4v) is 3.07. The van der Waals surface area contributed by atoms with Gasteiger partial charge in [0.2, 0.25) is 0 Å². The van der Waals surface area contributed by atoms with Crippen molar-refractivity contribution in [3.05, 3.63) is 29.6 Å². The number of ether oxygens (including phenoxy) is 1. The predicted octanol–water partition coefficient (Wildman–Crippen LogP) is 3.92. The Kier molecular flexibility index (Phi) is 4.81. The average Bonchev–Trinajstić information content (AvgIpc) is 2.81. The molecule has 0 aliphatic heterocycles. The van der Waals surface area contributed by atoms with Gasteiger partial charge in [-0.15, -0.1) is 0 Å². The number of nitrogens with one attached hydrogen (secondary N) is 1. The second kappa shape index (κ2) is 6.38. The molecule has 0 amide bonds. The van der Waals surface area contributed by atoms with E-state index in [0.29, 0.717) is 11.3 Å². The third kappa shape index (κ3) is 3.47. The van der Waals surface area contributed by atoms with Crippen molar-refractivity contribution in [2.45, 2.75) is 39.2 Å². The quantitative estimate of drug-likeness (QED) is 0.871. The summed E-state index contributed by atoms with van der Waals surface area (Å²) >= 11 is 0. The summed E-state index contributed by atoms with van der Waals surface area (Å²) in [7, 11) is 1.59. The van der Waals surface area contributed by atoms with E-state index in [9.17, 15) is 4.39 Å². The van der Waals surface area contributed by atoms with E-state index < -0.39 is 0 Å². The lowest BCUT2D eigenvalue weighted by Gasteiger charge is -2.20. The van der Waals surface area contributed by atoms with Crippen LogP contribution in [-0.4, -0.2) is 13.7 Å². The fourth-order valence-electron chi connectivity index (χ4n) is 3.07. The van der Waals surface area contributed by atoms with Gasteiger partial charge in [0.15, 0.2) is 0 Å². The zero-order valence-electron chi connectivity index (χ0n) is 12.1. The molecular formula is C16H24FNO. The highest BCUT2D eigenvalue weighted by Crippen LogP contribution is 2.31. The Morgan fingerprint density at radius 3 is 2.84 bits per heavy atom. The molecule has 3 unspecified atom stereocenters. The first-order valence-electron chi connectivity index (χ1n) is 7.17. The fraction of sp³-hybridized carbons (Fsp3) is 0.625. The van der Waals surface area contributed by atoms with Crippen LogP contribution in [0.25, 0.3) is 0 Å². The molecule has 2 nitrogen and oxygen atoms in total. The zero-order valence-corrected chi connectivity index (χ0v) is 12.1. The second-order valence-electron chi connectivity index (χ2n) is 5.77. The molecule has 0 bridgehead atoms. The van der Waals surface area contributed by atoms with Crippen molar-refractivity contribution in [1.29, 1.82) is 0 Å². The molecule has 1 aromatic rings. The van der Waals surface area contributed by atoms with Crippen molar-refractivity contribution in [2.75, 3.05) is 13.7 Å². The summed E-state index contributed by atoms with van der Waals surface area (Å²) in [5, 5.41) is 3.46. The van der Waals surface area contributed by atoms with Crippen LogP contribution in [0.1, 0.15) is 44.7 Å². The first-order chi connectivity index (χ1) is 9.11. The third-order valence-corrected chi connectivity index (χ3v) is 4.18. The van der Waals surface area contributed by atoms with Crippen molar-refractivity contribution in [3.63, 3.8) is 0 Å². The van der Waals surface area contributed by atoms with Gasteiger partial charge in [-0.1, -0.05) is 19.4 Å². The van der Waals surface area contributed by atoms with E-state index in [1.165, 1.54) is 25.3 Å². The third-order valence-electron chi connectivity index (χ3n) is 4.18. The van der Waals surface area contributed by atoms with Crippen LogP contribution < -0.4 is 10.1 Å². The molecular weight excluding hydrogens is 241 g/mol. The zero-order chi connectivity index (χ0) is 13.8. The summed E-state index contributed by atoms with van der Waals surface area (Å²) in [6, 6.07) is 4.97. The summed E-state index contributed by atoms with van der Waals surface area (Å²) in [5.41, 5.74) is 0.635. The minimum absolute atomic E-state index is 0.0212. The van der Waals surface area contributed by atoms with Crippen LogP contribution >= 0.6 is 0 Å². The van der Waals surface area contributed by atoms with Crippen LogP contribution in [0.5, 0.6) is 5.75 Å². The molecule has 1 aliphatic carbocycles. The maximum atomic E-state index is 13.9. The Morgan fingerprint density at radius 1 is 1.42 bits per heavy atom. The standard InChI is InChI=1S/C16H24FNO/c1-11-7-8-13(9-11)10-18-12(2)16-14(17)5-4-6-15(16)19-3/h4-6,11-13,18H,7-10H2,1-3H3. The van der Waals surface area contributed by atoms with Gasteiger partial charge in [-0.05, 0) is 50.3 Å². The molecule has 106 valence electrons. The smallest absolute Gasteiger partial charge is 0.131 e. The molecule has 1 aromatic carbocycles. The molecule has 1 saturated carbocycles. The van der Waals surface area contributed by atoms with E-state index in [1.54, 1.807) is 13.2 Å². The van der Waals surface area contributed by atoms with Gasteiger partial charge in [0.25, 0.3) is 0 Å². The van der Waals surface area contributed by atoms with Gasteiger partial charge in [-0.2, -0.15) is 0 Å². The summed E-state index contributed by atoms with van der Waals surface area (Å²) in [4.78, 5) is 0. The van der Waals surface area contributed by atoms with Crippen molar-refractivity contribution >= 4 is 0 Å². The van der Waals surface area contributed by atoms with E-state index in [4.69, 9.17) is 4.74 Å². The summed E-state index contributed by atoms with van der Waals surface area (Å²) < 4.78 is 19.2. The maximum Gasteiger partial charge on any atom is 0.131 e. The van der Waals surface area contributed by atoms with E-state index in [0.717, 1.165) is 18.4 Å². The van der Waals surface area contributed by atoms with Crippen molar-refractivity contribution in [1.82, 2.24) is 5.32 Å². The Labute approximate surface area is 115 Å². The van der Waals surface area contributed by atoms with E-state index >= 15 is 0 Å². The highest BCUT2D eigenvalue weighted by Gasteiger charge is 2.23. The van der Waals surface area contributed by atoms with Gasteiger partial charge in [0.1, 0.15) is 11.6 Å². The van der Waals surface area contributed by atoms with Gasteiger partial charge < -0.3 is 10.1 Å². The summed E-state index contributed by atoms with van der Waals surface area (Å²) in [6.45, 7) is 5.27. The highest BCUT2D eigenvalue weighted by atomic mass is 19.1. The largest absolute Gasteiger partial charge is 0.496 e. The first kappa shape index (κ1) is 14.3. The molecule has 19 heavy (non-hydrogen) atoms. The molecule has 0 heterocycles. The summed E-state index contributed by atoms with van der Waals surface area (Å²) in [5.74, 6) is 2.00. The van der Waals surface area contributed by atoms with Crippen LogP contribution in [0.2, 0.25) is 0 Å². The normalized spacial score (nSPS) is 24.4. The van der Waals surface area contributed by atoms with Crippen LogP contribution in [0.4, 0.5) is 4.39 Å². The Balaban J connectivity index is 1.98. The second-order valence-corrected chi connectivity index (χ2v) is 5.77. The van der Waals surface area contributed by atoms with Gasteiger partial charge in [-0.25, -0.2) is 4.39 Å². The van der Waals surface area contributed by atoms with Crippen LogP contribution in [0.3, 0.4) is 0 Å². The Hall–Kier alpha value is -1.09. The number of methoxy groups -OCH3 is 1. The number of rotatable bonds is 5. The van der Waals surface area contributed by atoms with Crippen molar-refractivity contribution in [2.24, 2.45) is 11.8 Å². The maximum absolute atomic E-state index is 13.9. The topological polar surface area (TPSA) is 21.3 Å². The first-order valence-corrected chi connectivity index (χ1v) is 7.17. The van der Waals surface area contributed by atoms with E-state index in [-0.39, 0.29) is 11.9 Å². The monoisotopic (exact) mass is 265 g/mol. The number of benzene rings is 1. The lowest BCUT2D eigenvalue weighted by molar-refractivity contribution is 0.384. The van der Waals surface area contributed by atoms with Crippen molar-refractivity contribution < 1.29 is 9.13 Å². The molecule has 0 spiro atoms. The molecule has 2 rings (SSSR count). The molecule has 1 aliphatic rings. The summed E-state index contributed by atoms with van der Waals surface area (Å²) in [6.07, 6.45) is 3.90. The SMILES string of the molecule is COc1cccc(F)c1C(C)NCC1CCC(C)C1. The minimum Gasteiger partial charge on any atom is -0.496 e. The lowest BCUT2D eigenvalue weighted by atomic mass is 10.0. The molecule has 3 heteroatoms. The van der Waals surface area contributed by atoms with Gasteiger partial charge in [0.05, 0.1) is 7.11 Å². The number of hydrogen-bond acceptors (Lipinski definition) is 2. The number of hydrogen-bond donors (Lipinski definition) is 1. The molecule has 1 fully saturated rings. The van der Waals surface area contributed by atoms with E-state index in [1.807, 2.05) is 13.0 Å². The molecule has 3 atom stereocenters. The van der Waals surface area contributed by atoms with Crippen LogP contribution in [0.15, 0.2) is 18.2 Å². The highest BCUT2D eigenvalue weighted by molar-refractivity contribution is 5.36. The molecule has 0 saturated heterocycles. The van der Waals surface area contributed by atoms with Gasteiger partial charge in [0, 0.05) is 11.6 Å².